The normalized spacial score (nSPS) is 23.7. The zero-order valence-corrected chi connectivity index (χ0v) is 14.2. The molecule has 1 fully saturated rings. The Morgan fingerprint density at radius 2 is 1.73 bits per heavy atom. The smallest absolute Gasteiger partial charge is 0.251 e. The fourth-order valence-electron chi connectivity index (χ4n) is 3.66. The third-order valence-electron chi connectivity index (χ3n) is 4.34. The molecule has 22 heavy (non-hydrogen) atoms. The Labute approximate surface area is 133 Å². The highest BCUT2D eigenvalue weighted by Crippen LogP contribution is 2.38. The van der Waals surface area contributed by atoms with Gasteiger partial charge in [0.15, 0.2) is 0 Å². The molecule has 1 aliphatic carbocycles. The lowest BCUT2D eigenvalue weighted by Gasteiger charge is -2.39. The van der Waals surface area contributed by atoms with Crippen molar-refractivity contribution in [3.05, 3.63) is 23.8 Å². The standard InChI is InChI=1S/C18H27NO3/c1-12-6-14(11-18(2,3)10-12)19-17(20)13-7-15(21-4)9-16(8-13)22-5/h7-9,12,14H,6,10-11H2,1-5H3,(H,19,20)/t12-,14+/m1/s1. The van der Waals surface area contributed by atoms with Crippen molar-refractivity contribution in [2.24, 2.45) is 11.3 Å². The van der Waals surface area contributed by atoms with Crippen LogP contribution in [-0.2, 0) is 0 Å². The molecule has 1 aromatic rings. The fraction of sp³-hybridized carbons (Fsp3) is 0.611. The summed E-state index contributed by atoms with van der Waals surface area (Å²) in [5, 5.41) is 3.17. The minimum atomic E-state index is -0.0629. The number of nitrogens with one attached hydrogen (secondary N) is 1. The zero-order valence-electron chi connectivity index (χ0n) is 14.2. The Hall–Kier alpha value is -1.71. The van der Waals surface area contributed by atoms with E-state index < -0.39 is 0 Å². The van der Waals surface area contributed by atoms with Gasteiger partial charge in [0.1, 0.15) is 11.5 Å². The van der Waals surface area contributed by atoms with Crippen LogP contribution in [0.4, 0.5) is 0 Å². The van der Waals surface area contributed by atoms with Gasteiger partial charge in [-0.25, -0.2) is 0 Å². The topological polar surface area (TPSA) is 47.6 Å². The Morgan fingerprint density at radius 1 is 1.14 bits per heavy atom. The quantitative estimate of drug-likeness (QED) is 0.923. The van der Waals surface area contributed by atoms with E-state index in [1.165, 1.54) is 6.42 Å². The Bertz CT molecular complexity index is 517. The maximum atomic E-state index is 12.5. The molecule has 0 aromatic heterocycles. The second-order valence-electron chi connectivity index (χ2n) is 7.19. The second-order valence-corrected chi connectivity index (χ2v) is 7.19. The number of hydrogen-bond acceptors (Lipinski definition) is 3. The highest BCUT2D eigenvalue weighted by Gasteiger charge is 2.32. The molecular weight excluding hydrogens is 278 g/mol. The number of hydrogen-bond donors (Lipinski definition) is 1. The van der Waals surface area contributed by atoms with Gasteiger partial charge in [0.25, 0.3) is 5.91 Å². The Balaban J connectivity index is 2.12. The van der Waals surface area contributed by atoms with Crippen LogP contribution in [0.3, 0.4) is 0 Å². The van der Waals surface area contributed by atoms with Gasteiger partial charge in [0.05, 0.1) is 14.2 Å². The first-order valence-corrected chi connectivity index (χ1v) is 7.87. The first-order valence-electron chi connectivity index (χ1n) is 7.87. The largest absolute Gasteiger partial charge is 0.497 e. The van der Waals surface area contributed by atoms with Gasteiger partial charge in [-0.3, -0.25) is 4.79 Å². The Morgan fingerprint density at radius 3 is 2.23 bits per heavy atom. The van der Waals surface area contributed by atoms with Gasteiger partial charge in [0.2, 0.25) is 0 Å². The summed E-state index contributed by atoms with van der Waals surface area (Å²) < 4.78 is 10.5. The van der Waals surface area contributed by atoms with Gasteiger partial charge in [-0.2, -0.15) is 0 Å². The van der Waals surface area contributed by atoms with E-state index in [1.54, 1.807) is 32.4 Å². The number of benzene rings is 1. The number of methoxy groups -OCH3 is 2. The number of carbonyl (C=O) groups excluding carboxylic acids is 1. The number of carbonyl (C=O) groups is 1. The average molecular weight is 305 g/mol. The van der Waals surface area contributed by atoms with Gasteiger partial charge in [0, 0.05) is 17.7 Å². The van der Waals surface area contributed by atoms with Crippen molar-refractivity contribution in [2.45, 2.75) is 46.1 Å². The number of amides is 1. The molecule has 122 valence electrons. The lowest BCUT2D eigenvalue weighted by Crippen LogP contribution is -2.43. The molecule has 4 heteroatoms. The van der Waals surface area contributed by atoms with E-state index >= 15 is 0 Å². The van der Waals surface area contributed by atoms with Crippen molar-refractivity contribution in [1.29, 1.82) is 0 Å². The average Bonchev–Trinajstić information content (AvgIpc) is 2.44. The lowest BCUT2D eigenvalue weighted by atomic mass is 9.70. The van der Waals surface area contributed by atoms with Crippen molar-refractivity contribution < 1.29 is 14.3 Å². The monoisotopic (exact) mass is 305 g/mol. The molecular formula is C18H27NO3. The summed E-state index contributed by atoms with van der Waals surface area (Å²) in [6, 6.07) is 5.48. The zero-order chi connectivity index (χ0) is 16.3. The Kier molecular flexibility index (Phi) is 4.99. The summed E-state index contributed by atoms with van der Waals surface area (Å²) in [7, 11) is 3.17. The van der Waals surface area contributed by atoms with Crippen LogP contribution in [0.2, 0.25) is 0 Å². The minimum absolute atomic E-state index is 0.0629. The van der Waals surface area contributed by atoms with Crippen LogP contribution in [0.15, 0.2) is 18.2 Å². The molecule has 1 N–H and O–H groups in total. The molecule has 1 aromatic carbocycles. The molecule has 2 rings (SSSR count). The van der Waals surface area contributed by atoms with E-state index in [9.17, 15) is 4.79 Å². The molecule has 1 saturated carbocycles. The van der Waals surface area contributed by atoms with Crippen molar-refractivity contribution >= 4 is 5.91 Å². The molecule has 0 unspecified atom stereocenters. The first kappa shape index (κ1) is 16.7. The van der Waals surface area contributed by atoms with Crippen molar-refractivity contribution in [3.63, 3.8) is 0 Å². The molecule has 2 atom stereocenters. The van der Waals surface area contributed by atoms with Crippen LogP contribution in [0.1, 0.15) is 50.4 Å². The van der Waals surface area contributed by atoms with Gasteiger partial charge in [-0.1, -0.05) is 20.8 Å². The van der Waals surface area contributed by atoms with E-state index in [4.69, 9.17) is 9.47 Å². The van der Waals surface area contributed by atoms with Crippen LogP contribution in [0.5, 0.6) is 11.5 Å². The summed E-state index contributed by atoms with van der Waals surface area (Å²) in [4.78, 5) is 12.5. The van der Waals surface area contributed by atoms with E-state index in [-0.39, 0.29) is 17.4 Å². The molecule has 4 nitrogen and oxygen atoms in total. The van der Waals surface area contributed by atoms with E-state index in [2.05, 4.69) is 26.1 Å². The van der Waals surface area contributed by atoms with E-state index in [0.29, 0.717) is 23.0 Å². The highest BCUT2D eigenvalue weighted by molar-refractivity contribution is 5.95. The summed E-state index contributed by atoms with van der Waals surface area (Å²) in [5.74, 6) is 1.82. The van der Waals surface area contributed by atoms with Crippen LogP contribution in [-0.4, -0.2) is 26.2 Å². The molecule has 0 bridgehead atoms. The van der Waals surface area contributed by atoms with Gasteiger partial charge in [-0.15, -0.1) is 0 Å². The van der Waals surface area contributed by atoms with E-state index in [0.717, 1.165) is 12.8 Å². The second kappa shape index (κ2) is 6.59. The maximum Gasteiger partial charge on any atom is 0.251 e. The third kappa shape index (κ3) is 4.15. The summed E-state index contributed by atoms with van der Waals surface area (Å²) >= 11 is 0. The molecule has 0 radical (unpaired) electrons. The molecule has 1 aliphatic rings. The predicted molar refractivity (Wildman–Crippen MR) is 87.6 cm³/mol. The molecule has 0 heterocycles. The third-order valence-corrected chi connectivity index (χ3v) is 4.34. The van der Waals surface area contributed by atoms with E-state index in [1.807, 2.05) is 0 Å². The van der Waals surface area contributed by atoms with Crippen LogP contribution in [0.25, 0.3) is 0 Å². The predicted octanol–water partition coefficient (Wildman–Crippen LogP) is 3.65. The summed E-state index contributed by atoms with van der Waals surface area (Å²) in [5.41, 5.74) is 0.856. The van der Waals surface area contributed by atoms with Crippen molar-refractivity contribution in [1.82, 2.24) is 5.32 Å². The number of rotatable bonds is 4. The highest BCUT2D eigenvalue weighted by atomic mass is 16.5. The van der Waals surface area contributed by atoms with Crippen LogP contribution >= 0.6 is 0 Å². The fourth-order valence-corrected chi connectivity index (χ4v) is 3.66. The maximum absolute atomic E-state index is 12.5. The summed E-state index contributed by atoms with van der Waals surface area (Å²) in [6.07, 6.45) is 3.27. The van der Waals surface area contributed by atoms with Crippen molar-refractivity contribution in [3.8, 4) is 11.5 Å². The molecule has 1 amide bonds. The molecule has 0 spiro atoms. The minimum Gasteiger partial charge on any atom is -0.497 e. The summed E-state index contributed by atoms with van der Waals surface area (Å²) in [6.45, 7) is 6.81. The first-order chi connectivity index (χ1) is 10.3. The molecule has 0 saturated heterocycles. The molecule has 0 aliphatic heterocycles. The van der Waals surface area contributed by atoms with Crippen LogP contribution in [0, 0.1) is 11.3 Å². The lowest BCUT2D eigenvalue weighted by molar-refractivity contribution is 0.0873. The number of ether oxygens (including phenoxy) is 2. The van der Waals surface area contributed by atoms with Gasteiger partial charge < -0.3 is 14.8 Å². The van der Waals surface area contributed by atoms with Gasteiger partial charge >= 0.3 is 0 Å². The van der Waals surface area contributed by atoms with Gasteiger partial charge in [-0.05, 0) is 42.7 Å². The van der Waals surface area contributed by atoms with Crippen LogP contribution < -0.4 is 14.8 Å². The SMILES string of the molecule is COc1cc(OC)cc(C(=O)N[C@H]2C[C@@H](C)CC(C)(C)C2)c1. The van der Waals surface area contributed by atoms with Crippen molar-refractivity contribution in [2.75, 3.05) is 14.2 Å².